The lowest BCUT2D eigenvalue weighted by Gasteiger charge is -2.27. The summed E-state index contributed by atoms with van der Waals surface area (Å²) >= 11 is 0. The Bertz CT molecular complexity index is 663. The van der Waals surface area contributed by atoms with Gasteiger partial charge in [-0.1, -0.05) is 24.3 Å². The fourth-order valence-electron chi connectivity index (χ4n) is 1.61. The largest absolute Gasteiger partial charge is 0.467 e. The van der Waals surface area contributed by atoms with E-state index in [9.17, 15) is 18.0 Å². The summed E-state index contributed by atoms with van der Waals surface area (Å²) in [5.74, 6) is -0.921. The minimum Gasteiger partial charge on any atom is -0.467 e. The molecule has 0 saturated heterocycles. The second kappa shape index (κ2) is 6.19. The van der Waals surface area contributed by atoms with Crippen LogP contribution in [0.25, 0.3) is 0 Å². The molecule has 6 nitrogen and oxygen atoms in total. The highest BCUT2D eigenvalue weighted by atomic mass is 32.2. The number of benzene rings is 1. The quantitative estimate of drug-likeness (QED) is 0.480. The number of methoxy groups -OCH3 is 1. The van der Waals surface area contributed by atoms with Gasteiger partial charge in [-0.05, 0) is 26.0 Å². The van der Waals surface area contributed by atoms with E-state index in [4.69, 9.17) is 0 Å². The second-order valence-corrected chi connectivity index (χ2v) is 6.36. The van der Waals surface area contributed by atoms with Gasteiger partial charge in [0, 0.05) is 5.57 Å². The normalized spacial score (nSPS) is 14.0. The number of hydrogen-bond acceptors (Lipinski definition) is 5. The maximum atomic E-state index is 12.3. The van der Waals surface area contributed by atoms with Crippen molar-refractivity contribution in [1.29, 1.82) is 0 Å². The van der Waals surface area contributed by atoms with Gasteiger partial charge in [0.25, 0.3) is 0 Å². The van der Waals surface area contributed by atoms with Crippen molar-refractivity contribution in [2.45, 2.75) is 24.3 Å². The van der Waals surface area contributed by atoms with Gasteiger partial charge in [-0.15, -0.1) is 0 Å². The Labute approximate surface area is 123 Å². The number of ether oxygens (including phenoxy) is 1. The maximum Gasteiger partial charge on any atom is 0.331 e. The van der Waals surface area contributed by atoms with Crippen LogP contribution in [0.1, 0.15) is 12.5 Å². The zero-order valence-corrected chi connectivity index (χ0v) is 12.9. The summed E-state index contributed by atoms with van der Waals surface area (Å²) < 4.78 is 31.4. The molecule has 0 unspecified atom stereocenters. The third kappa shape index (κ3) is 3.56. The number of aryl methyl sites for hydroxylation is 1. The van der Waals surface area contributed by atoms with Crippen molar-refractivity contribution in [1.82, 2.24) is 4.72 Å². The average Bonchev–Trinajstić information content (AvgIpc) is 2.45. The van der Waals surface area contributed by atoms with E-state index in [2.05, 4.69) is 16.0 Å². The number of hydrogen-bond donors (Lipinski definition) is 1. The first-order valence-electron chi connectivity index (χ1n) is 6.01. The van der Waals surface area contributed by atoms with Crippen LogP contribution >= 0.6 is 0 Å². The van der Waals surface area contributed by atoms with Gasteiger partial charge in [-0.2, -0.15) is 4.72 Å². The average molecular weight is 311 g/mol. The van der Waals surface area contributed by atoms with E-state index in [0.717, 1.165) is 12.7 Å². The van der Waals surface area contributed by atoms with Gasteiger partial charge >= 0.3 is 5.97 Å². The van der Waals surface area contributed by atoms with Gasteiger partial charge in [-0.25, -0.2) is 13.2 Å². The second-order valence-electron chi connectivity index (χ2n) is 4.68. The molecule has 21 heavy (non-hydrogen) atoms. The zero-order valence-electron chi connectivity index (χ0n) is 12.0. The van der Waals surface area contributed by atoms with Gasteiger partial charge in [0.15, 0.2) is 5.54 Å². The van der Waals surface area contributed by atoms with Gasteiger partial charge in [0.1, 0.15) is 6.29 Å². The van der Waals surface area contributed by atoms with Crippen molar-refractivity contribution in [2.75, 3.05) is 7.11 Å². The topological polar surface area (TPSA) is 89.5 Å². The molecule has 114 valence electrons. The number of rotatable bonds is 6. The molecular formula is C14H17NO5S. The van der Waals surface area contributed by atoms with Crippen molar-refractivity contribution < 1.29 is 22.7 Å². The smallest absolute Gasteiger partial charge is 0.331 e. The fourth-order valence-corrected chi connectivity index (χ4v) is 2.97. The minimum absolute atomic E-state index is 0.0260. The third-order valence-corrected chi connectivity index (χ3v) is 4.62. The molecule has 0 bridgehead atoms. The first-order chi connectivity index (χ1) is 9.67. The van der Waals surface area contributed by atoms with E-state index in [1.807, 2.05) is 6.92 Å². The summed E-state index contributed by atoms with van der Waals surface area (Å²) in [6.07, 6.45) is 0.314. The van der Waals surface area contributed by atoms with Crippen LogP contribution in [-0.4, -0.2) is 33.3 Å². The number of carbonyl (C=O) groups excluding carboxylic acids is 2. The lowest BCUT2D eigenvalue weighted by molar-refractivity contribution is -0.145. The highest BCUT2D eigenvalue weighted by Gasteiger charge is 2.41. The molecule has 0 amide bonds. The standard InChI is InChI=1S/C14H17NO5S/c1-10-5-7-12(8-6-10)21(18,19)15-14(3,11(2)9-16)13(17)20-4/h5-9,15H,2H2,1,3-4H3/t14-/m0/s1. The first-order valence-corrected chi connectivity index (χ1v) is 7.49. The van der Waals surface area contributed by atoms with Gasteiger partial charge in [-0.3, -0.25) is 4.79 Å². The Balaban J connectivity index is 3.25. The van der Waals surface area contributed by atoms with Crippen LogP contribution < -0.4 is 4.72 Å². The lowest BCUT2D eigenvalue weighted by atomic mass is 9.95. The first kappa shape index (κ1) is 17.1. The van der Waals surface area contributed by atoms with Crippen LogP contribution in [0, 0.1) is 6.92 Å². The van der Waals surface area contributed by atoms with Crippen molar-refractivity contribution >= 4 is 22.3 Å². The van der Waals surface area contributed by atoms with E-state index in [-0.39, 0.29) is 10.5 Å². The minimum atomic E-state index is -4.02. The summed E-state index contributed by atoms with van der Waals surface area (Å²) in [5.41, 5.74) is -1.22. The molecule has 0 aliphatic carbocycles. The van der Waals surface area contributed by atoms with Crippen molar-refractivity contribution in [3.63, 3.8) is 0 Å². The molecule has 0 fully saturated rings. The van der Waals surface area contributed by atoms with Crippen LogP contribution in [0.15, 0.2) is 41.3 Å². The van der Waals surface area contributed by atoms with Crippen molar-refractivity contribution in [2.24, 2.45) is 0 Å². The molecular weight excluding hydrogens is 294 g/mol. The fraction of sp³-hybridized carbons (Fsp3) is 0.286. The van der Waals surface area contributed by atoms with E-state index in [1.165, 1.54) is 19.1 Å². The number of aldehydes is 1. The highest BCUT2D eigenvalue weighted by molar-refractivity contribution is 7.89. The van der Waals surface area contributed by atoms with Crippen LogP contribution in [0.2, 0.25) is 0 Å². The Morgan fingerprint density at radius 1 is 1.33 bits per heavy atom. The highest BCUT2D eigenvalue weighted by Crippen LogP contribution is 2.20. The van der Waals surface area contributed by atoms with Crippen LogP contribution in [0.4, 0.5) is 0 Å². The molecule has 0 aliphatic heterocycles. The van der Waals surface area contributed by atoms with Gasteiger partial charge < -0.3 is 4.74 Å². The Kier molecular flexibility index (Phi) is 5.03. The molecule has 7 heteroatoms. The lowest BCUT2D eigenvalue weighted by Crippen LogP contribution is -2.54. The van der Waals surface area contributed by atoms with Crippen LogP contribution in [0.3, 0.4) is 0 Å². The predicted molar refractivity (Wildman–Crippen MR) is 77.1 cm³/mol. The molecule has 0 saturated carbocycles. The van der Waals surface area contributed by atoms with Gasteiger partial charge in [0.05, 0.1) is 12.0 Å². The monoisotopic (exact) mass is 311 g/mol. The number of esters is 1. The summed E-state index contributed by atoms with van der Waals surface area (Å²) in [6, 6.07) is 6.05. The molecule has 1 rings (SSSR count). The molecule has 1 atom stereocenters. The molecule has 1 aromatic rings. The van der Waals surface area contributed by atoms with Gasteiger partial charge in [0.2, 0.25) is 10.0 Å². The number of carbonyl (C=O) groups is 2. The van der Waals surface area contributed by atoms with E-state index < -0.39 is 21.5 Å². The molecule has 0 aromatic heterocycles. The Hall–Kier alpha value is -1.99. The summed E-state index contributed by atoms with van der Waals surface area (Å²) in [7, 11) is -2.92. The maximum absolute atomic E-state index is 12.3. The van der Waals surface area contributed by atoms with Crippen LogP contribution in [0.5, 0.6) is 0 Å². The summed E-state index contributed by atoms with van der Waals surface area (Å²) in [5, 5.41) is 0. The van der Waals surface area contributed by atoms with Crippen molar-refractivity contribution in [3.05, 3.63) is 42.0 Å². The SMILES string of the molecule is C=C(C=O)[C@](C)(NS(=O)(=O)c1ccc(C)cc1)C(=O)OC. The van der Waals surface area contributed by atoms with Crippen LogP contribution in [-0.2, 0) is 24.3 Å². The molecule has 1 aromatic carbocycles. The predicted octanol–water partition coefficient (Wildman–Crippen LogP) is 0.960. The summed E-state index contributed by atoms with van der Waals surface area (Å²) in [6.45, 7) is 6.45. The molecule has 0 spiro atoms. The molecule has 0 aliphatic rings. The summed E-state index contributed by atoms with van der Waals surface area (Å²) in [4.78, 5) is 22.7. The third-order valence-electron chi connectivity index (χ3n) is 3.05. The van der Waals surface area contributed by atoms with E-state index in [1.54, 1.807) is 12.1 Å². The Morgan fingerprint density at radius 2 is 1.86 bits per heavy atom. The molecule has 0 heterocycles. The zero-order chi connectivity index (χ0) is 16.3. The molecule has 0 radical (unpaired) electrons. The molecule has 1 N–H and O–H groups in total. The van der Waals surface area contributed by atoms with E-state index in [0.29, 0.717) is 6.29 Å². The Morgan fingerprint density at radius 3 is 2.29 bits per heavy atom. The van der Waals surface area contributed by atoms with E-state index >= 15 is 0 Å². The number of sulfonamides is 1. The van der Waals surface area contributed by atoms with Crippen molar-refractivity contribution in [3.8, 4) is 0 Å². The number of nitrogens with one attached hydrogen (secondary N) is 1.